The minimum Gasteiger partial charge on any atom is -0.457 e. The molecule has 1 aliphatic rings. The van der Waals surface area contributed by atoms with Gasteiger partial charge in [0, 0.05) is 6.54 Å². The monoisotopic (exact) mass is 417 g/mol. The zero-order valence-corrected chi connectivity index (χ0v) is 17.8. The maximum Gasteiger partial charge on any atom is 0.335 e. The van der Waals surface area contributed by atoms with Gasteiger partial charge in [-0.1, -0.05) is 24.8 Å². The fourth-order valence-electron chi connectivity index (χ4n) is 4.09. The van der Waals surface area contributed by atoms with Gasteiger partial charge < -0.3 is 20.4 Å². The maximum absolute atomic E-state index is 13.6. The first-order chi connectivity index (χ1) is 15.0. The van der Waals surface area contributed by atoms with Crippen molar-refractivity contribution in [2.24, 2.45) is 0 Å². The Balaban J connectivity index is 1.77. The predicted molar refractivity (Wildman–Crippen MR) is 124 cm³/mol. The molecule has 0 aliphatic carbocycles. The van der Waals surface area contributed by atoms with E-state index in [1.807, 2.05) is 54.6 Å². The van der Waals surface area contributed by atoms with Crippen molar-refractivity contribution in [2.75, 3.05) is 25.5 Å². The van der Waals surface area contributed by atoms with E-state index in [9.17, 15) is 4.79 Å². The highest BCUT2D eigenvalue weighted by Gasteiger charge is 2.30. The fraction of sp³-hybridized carbons (Fsp3) is 0.250. The third kappa shape index (κ3) is 4.04. The summed E-state index contributed by atoms with van der Waals surface area (Å²) < 4.78 is 9.24. The first-order valence-electron chi connectivity index (χ1n) is 10.3. The third-order valence-corrected chi connectivity index (χ3v) is 5.49. The van der Waals surface area contributed by atoms with E-state index in [4.69, 9.17) is 10.1 Å². The van der Waals surface area contributed by atoms with Crippen LogP contribution in [0, 0.1) is 5.41 Å². The number of para-hydroxylation sites is 1. The van der Waals surface area contributed by atoms with E-state index >= 15 is 0 Å². The minimum absolute atomic E-state index is 0.0417. The summed E-state index contributed by atoms with van der Waals surface area (Å²) in [6, 6.07) is 16.9. The molecule has 160 valence electrons. The number of nitrogens with zero attached hydrogens (tertiary/aromatic N) is 3. The second-order valence-corrected chi connectivity index (χ2v) is 7.77. The number of likely N-dealkylation sites (N-methyl/N-ethyl adjacent to an activating group) is 1. The number of anilines is 1. The average molecular weight is 418 g/mol. The minimum atomic E-state index is -0.164. The van der Waals surface area contributed by atoms with Gasteiger partial charge in [0.2, 0.25) is 0 Å². The van der Waals surface area contributed by atoms with E-state index in [2.05, 4.69) is 23.8 Å². The molecule has 3 aromatic rings. The molecular formula is C24H27N5O2. The van der Waals surface area contributed by atoms with E-state index in [-0.39, 0.29) is 11.7 Å². The Morgan fingerprint density at radius 2 is 1.84 bits per heavy atom. The summed E-state index contributed by atoms with van der Waals surface area (Å²) >= 11 is 0. The van der Waals surface area contributed by atoms with Gasteiger partial charge in [0.25, 0.3) is 0 Å². The van der Waals surface area contributed by atoms with Crippen molar-refractivity contribution in [1.29, 1.82) is 5.41 Å². The number of imidazole rings is 1. The number of likely N-dealkylation sites (tertiary alicyclic amines) is 1. The highest BCUT2D eigenvalue weighted by Crippen LogP contribution is 2.29. The molecular weight excluding hydrogens is 390 g/mol. The lowest BCUT2D eigenvalue weighted by atomic mass is 10.2. The highest BCUT2D eigenvalue weighted by molar-refractivity contribution is 6.00. The molecule has 0 bridgehead atoms. The van der Waals surface area contributed by atoms with Gasteiger partial charge in [-0.25, -0.2) is 4.79 Å². The summed E-state index contributed by atoms with van der Waals surface area (Å²) in [6.07, 6.45) is 2.43. The van der Waals surface area contributed by atoms with Gasteiger partial charge in [0.15, 0.2) is 0 Å². The number of aromatic nitrogens is 2. The first-order valence-corrected chi connectivity index (χ1v) is 10.3. The normalized spacial score (nSPS) is 16.3. The smallest absolute Gasteiger partial charge is 0.335 e. The average Bonchev–Trinajstić information content (AvgIpc) is 3.30. The molecule has 0 radical (unpaired) electrons. The molecule has 0 saturated carbocycles. The Bertz CT molecular complexity index is 1150. The van der Waals surface area contributed by atoms with Crippen LogP contribution in [-0.4, -0.2) is 39.9 Å². The second-order valence-electron chi connectivity index (χ2n) is 7.77. The lowest BCUT2D eigenvalue weighted by Gasteiger charge is -2.15. The molecule has 1 fully saturated rings. The number of benzene rings is 2. The summed E-state index contributed by atoms with van der Waals surface area (Å²) in [5.41, 5.74) is 1.36. The van der Waals surface area contributed by atoms with Crippen LogP contribution in [0.25, 0.3) is 5.69 Å². The van der Waals surface area contributed by atoms with Crippen molar-refractivity contribution >= 4 is 11.5 Å². The molecule has 1 saturated heterocycles. The number of ether oxygens (including phenoxy) is 1. The van der Waals surface area contributed by atoms with Gasteiger partial charge in [-0.3, -0.25) is 9.13 Å². The molecule has 1 unspecified atom stereocenters. The van der Waals surface area contributed by atoms with Gasteiger partial charge >= 0.3 is 5.69 Å². The number of rotatable bonds is 7. The van der Waals surface area contributed by atoms with Crippen LogP contribution in [0.3, 0.4) is 0 Å². The summed E-state index contributed by atoms with van der Waals surface area (Å²) in [4.78, 5) is 15.8. The van der Waals surface area contributed by atoms with Crippen LogP contribution in [0.1, 0.15) is 25.1 Å². The van der Waals surface area contributed by atoms with E-state index in [1.165, 1.54) is 0 Å². The number of nitrogens with one attached hydrogen (secondary N) is 2. The van der Waals surface area contributed by atoms with Crippen molar-refractivity contribution in [2.45, 2.75) is 19.4 Å². The maximum atomic E-state index is 13.6. The largest absolute Gasteiger partial charge is 0.457 e. The van der Waals surface area contributed by atoms with Gasteiger partial charge in [0.05, 0.1) is 17.4 Å². The summed E-state index contributed by atoms with van der Waals surface area (Å²) in [7, 11) is 2.05. The second kappa shape index (κ2) is 8.65. The zero-order valence-electron chi connectivity index (χ0n) is 17.8. The lowest BCUT2D eigenvalue weighted by molar-refractivity contribution is 0.391. The van der Waals surface area contributed by atoms with Gasteiger partial charge in [-0.2, -0.15) is 0 Å². The molecule has 7 nitrogen and oxygen atoms in total. The molecule has 2 aromatic carbocycles. The predicted octanol–water partition coefficient (Wildman–Crippen LogP) is 4.25. The quantitative estimate of drug-likeness (QED) is 0.564. The van der Waals surface area contributed by atoms with Gasteiger partial charge in [-0.15, -0.1) is 0 Å². The van der Waals surface area contributed by atoms with Crippen molar-refractivity contribution in [3.05, 3.63) is 83.6 Å². The standard InChI is InChI=1S/C24H27N5O2/c1-4-26-23-22(17(2)25)28(24(30)29(23)19-14-15-27(3)16-19)18-10-12-21(13-11-18)31-20-8-6-5-7-9-20/h4-13,19,25-26H,1,14-16H2,2-3H3. The van der Waals surface area contributed by atoms with Gasteiger partial charge in [-0.05, 0) is 69.5 Å². The molecule has 7 heteroatoms. The molecule has 0 amide bonds. The number of hydrogen-bond acceptors (Lipinski definition) is 5. The Labute approximate surface area is 181 Å². The zero-order chi connectivity index (χ0) is 22.0. The summed E-state index contributed by atoms with van der Waals surface area (Å²) in [5.74, 6) is 2.03. The molecule has 31 heavy (non-hydrogen) atoms. The fourth-order valence-corrected chi connectivity index (χ4v) is 4.09. The Morgan fingerprint density at radius 3 is 2.42 bits per heavy atom. The van der Waals surface area contributed by atoms with Crippen LogP contribution >= 0.6 is 0 Å². The molecule has 0 spiro atoms. The third-order valence-electron chi connectivity index (χ3n) is 5.49. The van der Waals surface area contributed by atoms with Crippen LogP contribution < -0.4 is 15.7 Å². The highest BCUT2D eigenvalue weighted by atomic mass is 16.5. The molecule has 1 aromatic heterocycles. The van der Waals surface area contributed by atoms with Crippen molar-refractivity contribution in [3.8, 4) is 17.2 Å². The molecule has 4 rings (SSSR count). The van der Waals surface area contributed by atoms with Crippen LogP contribution in [0.5, 0.6) is 11.5 Å². The number of hydrogen-bond donors (Lipinski definition) is 2. The molecule has 1 aliphatic heterocycles. The summed E-state index contributed by atoms with van der Waals surface area (Å²) in [6.45, 7) is 7.18. The molecule has 1 atom stereocenters. The van der Waals surface area contributed by atoms with E-state index in [0.29, 0.717) is 28.7 Å². The SMILES string of the molecule is C=CNc1c(C(C)=N)n(-c2ccc(Oc3ccccc3)cc2)c(=O)n1C1CCN(C)C1. The lowest BCUT2D eigenvalue weighted by Crippen LogP contribution is -2.29. The summed E-state index contributed by atoms with van der Waals surface area (Å²) in [5, 5.41) is 11.5. The van der Waals surface area contributed by atoms with Crippen LogP contribution in [0.15, 0.2) is 72.2 Å². The van der Waals surface area contributed by atoms with E-state index in [0.717, 1.165) is 25.3 Å². The van der Waals surface area contributed by atoms with Crippen molar-refractivity contribution < 1.29 is 4.74 Å². The van der Waals surface area contributed by atoms with Crippen LogP contribution in [0.2, 0.25) is 0 Å². The Hall–Kier alpha value is -3.58. The van der Waals surface area contributed by atoms with Crippen molar-refractivity contribution in [3.63, 3.8) is 0 Å². The van der Waals surface area contributed by atoms with Gasteiger partial charge in [0.1, 0.15) is 23.0 Å². The molecule has 2 N–H and O–H groups in total. The van der Waals surface area contributed by atoms with Crippen molar-refractivity contribution in [1.82, 2.24) is 14.0 Å². The Morgan fingerprint density at radius 1 is 1.16 bits per heavy atom. The molecule has 2 heterocycles. The Kier molecular flexibility index (Phi) is 5.77. The topological polar surface area (TPSA) is 75.3 Å². The van der Waals surface area contributed by atoms with E-state index < -0.39 is 0 Å². The van der Waals surface area contributed by atoms with Crippen LogP contribution in [0.4, 0.5) is 5.82 Å². The van der Waals surface area contributed by atoms with Crippen LogP contribution in [-0.2, 0) is 0 Å². The first kappa shape index (κ1) is 20.7. The van der Waals surface area contributed by atoms with E-state index in [1.54, 1.807) is 22.3 Å².